The Hall–Kier alpha value is -3.51. The molecule has 0 saturated heterocycles. The number of benzene rings is 3. The molecule has 3 aromatic rings. The zero-order chi connectivity index (χ0) is 27.6. The molecule has 0 atom stereocenters. The molecule has 3 rings (SSSR count). The Morgan fingerprint density at radius 3 is 0.919 bits per heavy atom. The van der Waals surface area contributed by atoms with Gasteiger partial charge < -0.3 is 14.2 Å². The highest BCUT2D eigenvalue weighted by molar-refractivity contribution is 6.96. The molecule has 37 heavy (non-hydrogen) atoms. The smallest absolute Gasteiger partial charge is 0.264 e. The summed E-state index contributed by atoms with van der Waals surface area (Å²) in [5.74, 6) is -19.5. The van der Waals surface area contributed by atoms with E-state index in [2.05, 4.69) is 0 Å². The fourth-order valence-corrected chi connectivity index (χ4v) is 3.82. The van der Waals surface area contributed by atoms with Crippen LogP contribution in [-0.2, 0) is 0 Å². The summed E-state index contributed by atoms with van der Waals surface area (Å²) in [6, 6.07) is 0.214. The molecule has 13 heteroatoms. The maximum atomic E-state index is 15.5. The van der Waals surface area contributed by atoms with Gasteiger partial charge in [0, 0.05) is 34.6 Å². The van der Waals surface area contributed by atoms with E-state index in [9.17, 15) is 13.2 Å². The van der Waals surface area contributed by atoms with Crippen molar-refractivity contribution < 1.29 is 53.7 Å². The van der Waals surface area contributed by atoms with Crippen LogP contribution < -0.4 is 30.6 Å². The Morgan fingerprint density at radius 2 is 0.703 bits per heavy atom. The lowest BCUT2D eigenvalue weighted by Crippen LogP contribution is -2.59. The molecule has 3 nitrogen and oxygen atoms in total. The van der Waals surface area contributed by atoms with Crippen LogP contribution in [0.5, 0.6) is 17.2 Å². The highest BCUT2D eigenvalue weighted by atomic mass is 19.2. The van der Waals surface area contributed by atoms with Crippen molar-refractivity contribution in [3.63, 3.8) is 0 Å². The average molecular weight is 536 g/mol. The summed E-state index contributed by atoms with van der Waals surface area (Å²) in [6.07, 6.45) is 0. The van der Waals surface area contributed by atoms with E-state index in [1.54, 1.807) is 0 Å². The molecule has 0 saturated carbocycles. The van der Waals surface area contributed by atoms with Crippen LogP contribution >= 0.6 is 0 Å². The second kappa shape index (κ2) is 11.3. The van der Waals surface area contributed by atoms with Crippen molar-refractivity contribution in [2.45, 2.75) is 20.8 Å². The normalized spacial score (nSPS) is 11.0. The molecular weight excluding hydrogens is 518 g/mol. The van der Waals surface area contributed by atoms with Gasteiger partial charge in [0.05, 0.1) is 19.8 Å². The minimum absolute atomic E-state index is 0.0714. The van der Waals surface area contributed by atoms with Gasteiger partial charge in [0.15, 0.2) is 52.2 Å². The third kappa shape index (κ3) is 5.03. The highest BCUT2D eigenvalue weighted by Crippen LogP contribution is 2.28. The lowest BCUT2D eigenvalue weighted by molar-refractivity contribution is 0.301. The summed E-state index contributed by atoms with van der Waals surface area (Å²) in [4.78, 5) is 0. The molecule has 0 fully saturated rings. The van der Waals surface area contributed by atoms with Crippen LogP contribution in [0.25, 0.3) is 0 Å². The van der Waals surface area contributed by atoms with Gasteiger partial charge in [-0.05, 0) is 20.8 Å². The van der Waals surface area contributed by atoms with Crippen LogP contribution in [0.4, 0.5) is 39.5 Å². The lowest BCUT2D eigenvalue weighted by atomic mass is 9.36. The van der Waals surface area contributed by atoms with Gasteiger partial charge in [-0.15, -0.1) is 0 Å². The molecule has 0 aliphatic carbocycles. The van der Waals surface area contributed by atoms with Gasteiger partial charge in [-0.1, -0.05) is 0 Å². The number of halogens is 9. The summed E-state index contributed by atoms with van der Waals surface area (Å²) in [5, 5.41) is 0. The first kappa shape index (κ1) is 28.1. The summed E-state index contributed by atoms with van der Waals surface area (Å²) < 4.78 is 149. The van der Waals surface area contributed by atoms with Gasteiger partial charge in [0.25, 0.3) is 6.71 Å². The van der Waals surface area contributed by atoms with Crippen LogP contribution in [0.1, 0.15) is 20.8 Å². The maximum Gasteiger partial charge on any atom is 0.264 e. The lowest BCUT2D eigenvalue weighted by Gasteiger charge is -2.23. The Bertz CT molecular complexity index is 1170. The molecule has 0 heterocycles. The number of hydrogen-bond acceptors (Lipinski definition) is 3. The van der Waals surface area contributed by atoms with Crippen molar-refractivity contribution in [2.24, 2.45) is 0 Å². The van der Waals surface area contributed by atoms with Crippen molar-refractivity contribution in [3.05, 3.63) is 70.6 Å². The molecule has 0 aromatic heterocycles. The number of ether oxygens (including phenoxy) is 3. The van der Waals surface area contributed by atoms with Crippen LogP contribution in [-0.4, -0.2) is 26.5 Å². The van der Waals surface area contributed by atoms with Gasteiger partial charge in [-0.2, -0.15) is 0 Å². The Morgan fingerprint density at radius 1 is 0.459 bits per heavy atom. The molecule has 0 aliphatic heterocycles. The Labute approximate surface area is 205 Å². The van der Waals surface area contributed by atoms with E-state index in [-0.39, 0.29) is 38.0 Å². The SMILES string of the molecule is CCOc1c(F)cc(F)c(B(c2c(F)cc(F)c(OCC)c2F)c2c(F)cc(F)c(OCC)c2F)c1F. The predicted molar refractivity (Wildman–Crippen MR) is 117 cm³/mol. The van der Waals surface area contributed by atoms with Gasteiger partial charge in [0.1, 0.15) is 17.5 Å². The molecule has 198 valence electrons. The summed E-state index contributed by atoms with van der Waals surface area (Å²) >= 11 is 0. The quantitative estimate of drug-likeness (QED) is 0.295. The van der Waals surface area contributed by atoms with Gasteiger partial charge in [0.2, 0.25) is 0 Å². The first-order valence-corrected chi connectivity index (χ1v) is 10.9. The number of hydrogen-bond donors (Lipinski definition) is 0. The first-order chi connectivity index (χ1) is 17.5. The minimum atomic E-state index is -2.74. The monoisotopic (exact) mass is 536 g/mol. The van der Waals surface area contributed by atoms with Crippen LogP contribution in [0.3, 0.4) is 0 Å². The highest BCUT2D eigenvalue weighted by Gasteiger charge is 2.42. The largest absolute Gasteiger partial charge is 0.488 e. The molecular formula is C24H18BF9O3. The Kier molecular flexibility index (Phi) is 8.55. The predicted octanol–water partition coefficient (Wildman–Crippen LogP) is 4.65. The third-order valence-electron chi connectivity index (χ3n) is 5.22. The van der Waals surface area contributed by atoms with Crippen LogP contribution in [0.2, 0.25) is 0 Å². The fourth-order valence-electron chi connectivity index (χ4n) is 3.82. The van der Waals surface area contributed by atoms with E-state index < -0.39 is 92.7 Å². The molecule has 0 spiro atoms. The number of rotatable bonds is 9. The molecule has 0 amide bonds. The van der Waals surface area contributed by atoms with Gasteiger partial charge >= 0.3 is 0 Å². The zero-order valence-corrected chi connectivity index (χ0v) is 19.6. The minimum Gasteiger partial charge on any atom is -0.488 e. The van der Waals surface area contributed by atoms with Crippen molar-refractivity contribution in [1.29, 1.82) is 0 Å². The molecule has 0 aliphatic rings. The van der Waals surface area contributed by atoms with Crippen LogP contribution in [0, 0.1) is 52.4 Å². The molecule has 0 unspecified atom stereocenters. The first-order valence-electron chi connectivity index (χ1n) is 10.9. The average Bonchev–Trinajstić information content (AvgIpc) is 2.81. The van der Waals surface area contributed by atoms with E-state index in [0.29, 0.717) is 0 Å². The molecule has 0 radical (unpaired) electrons. The van der Waals surface area contributed by atoms with E-state index in [1.807, 2.05) is 0 Å². The summed E-state index contributed by atoms with van der Waals surface area (Å²) in [6.45, 7) is 0.114. The van der Waals surface area contributed by atoms with Crippen molar-refractivity contribution in [1.82, 2.24) is 0 Å². The summed E-state index contributed by atoms with van der Waals surface area (Å²) in [5.41, 5.74) is -4.41. The standard InChI is InChI=1S/C24H18BF9O3/c1-4-35-22-13(29)7-10(26)16(19(22)32)25(17-11(27)8-14(30)23(20(17)33)36-5-2)18-12(28)9-15(31)24(21(18)34)37-6-3/h7-9H,4-6H2,1-3H3. The van der Waals surface area contributed by atoms with E-state index in [1.165, 1.54) is 20.8 Å². The van der Waals surface area contributed by atoms with E-state index in [4.69, 9.17) is 14.2 Å². The van der Waals surface area contributed by atoms with E-state index in [0.717, 1.165) is 0 Å². The molecule has 0 bridgehead atoms. The third-order valence-corrected chi connectivity index (χ3v) is 5.22. The molecule has 0 N–H and O–H groups in total. The second-order valence-corrected chi connectivity index (χ2v) is 7.42. The summed E-state index contributed by atoms with van der Waals surface area (Å²) in [7, 11) is 0. The van der Waals surface area contributed by atoms with Gasteiger partial charge in [-0.3, -0.25) is 0 Å². The van der Waals surface area contributed by atoms with Crippen molar-refractivity contribution in [3.8, 4) is 17.2 Å². The van der Waals surface area contributed by atoms with Crippen molar-refractivity contribution >= 4 is 23.1 Å². The van der Waals surface area contributed by atoms with Crippen molar-refractivity contribution in [2.75, 3.05) is 19.8 Å². The van der Waals surface area contributed by atoms with E-state index >= 15 is 26.3 Å². The topological polar surface area (TPSA) is 27.7 Å². The second-order valence-electron chi connectivity index (χ2n) is 7.42. The fraction of sp³-hybridized carbons (Fsp3) is 0.250. The van der Waals surface area contributed by atoms with Gasteiger partial charge in [-0.25, -0.2) is 39.5 Å². The molecule has 3 aromatic carbocycles. The van der Waals surface area contributed by atoms with Crippen LogP contribution in [0.15, 0.2) is 18.2 Å². The maximum absolute atomic E-state index is 15.5. The zero-order valence-electron chi connectivity index (χ0n) is 19.6. The Balaban J connectivity index is 2.56.